The van der Waals surface area contributed by atoms with Crippen LogP contribution in [0.4, 0.5) is 5.69 Å². The van der Waals surface area contributed by atoms with Crippen LogP contribution in [0.3, 0.4) is 0 Å². The summed E-state index contributed by atoms with van der Waals surface area (Å²) in [5, 5.41) is 2.68. The maximum Gasteiger partial charge on any atom is 0.255 e. The Balaban J connectivity index is 1.74. The maximum absolute atomic E-state index is 12.6. The highest BCUT2D eigenvalue weighted by atomic mass is 35.5. The fourth-order valence-electron chi connectivity index (χ4n) is 2.71. The van der Waals surface area contributed by atoms with Gasteiger partial charge in [0.25, 0.3) is 5.91 Å². The lowest BCUT2D eigenvalue weighted by molar-refractivity contribution is 0.102. The van der Waals surface area contributed by atoms with Gasteiger partial charge < -0.3 is 14.8 Å². The molecule has 0 bridgehead atoms. The van der Waals surface area contributed by atoms with Crippen LogP contribution in [0, 0.1) is 0 Å². The first-order valence-electron chi connectivity index (χ1n) is 8.61. The molecular formula is C18H20ClN3O5S. The van der Waals surface area contributed by atoms with E-state index in [0.29, 0.717) is 18.2 Å². The molecule has 0 spiro atoms. The zero-order valence-corrected chi connectivity index (χ0v) is 16.7. The van der Waals surface area contributed by atoms with Crippen molar-refractivity contribution in [3.63, 3.8) is 0 Å². The monoisotopic (exact) mass is 425 g/mol. The summed E-state index contributed by atoms with van der Waals surface area (Å²) in [6, 6.07) is 7.30. The molecule has 2 aromatic rings. The normalized spacial score (nSPS) is 16.7. The number of halogens is 1. The molecule has 1 aliphatic heterocycles. The third kappa shape index (κ3) is 4.99. The fraction of sp³-hybridized carbons (Fsp3) is 0.333. The molecule has 1 aromatic carbocycles. The summed E-state index contributed by atoms with van der Waals surface area (Å²) < 4.78 is 38.1. The van der Waals surface area contributed by atoms with E-state index >= 15 is 0 Å². The van der Waals surface area contributed by atoms with Gasteiger partial charge in [-0.25, -0.2) is 18.1 Å². The number of nitrogens with zero attached hydrogens (tertiary/aromatic N) is 1. The van der Waals surface area contributed by atoms with Crippen LogP contribution >= 0.6 is 11.6 Å². The van der Waals surface area contributed by atoms with Crippen molar-refractivity contribution in [1.29, 1.82) is 0 Å². The summed E-state index contributed by atoms with van der Waals surface area (Å²) in [5.74, 6) is -0.0746. The molecule has 2 N–H and O–H groups in total. The first kappa shape index (κ1) is 20.5. The predicted octanol–water partition coefficient (Wildman–Crippen LogP) is 2.45. The van der Waals surface area contributed by atoms with Crippen LogP contribution in [0.15, 0.2) is 41.4 Å². The molecule has 1 amide bonds. The van der Waals surface area contributed by atoms with Gasteiger partial charge in [-0.2, -0.15) is 0 Å². The molecule has 0 radical (unpaired) electrons. The van der Waals surface area contributed by atoms with Gasteiger partial charge in [0.1, 0.15) is 4.90 Å². The number of hydrogen-bond donors (Lipinski definition) is 2. The maximum atomic E-state index is 12.6. The molecule has 1 aromatic heterocycles. The molecule has 10 heteroatoms. The number of anilines is 1. The predicted molar refractivity (Wildman–Crippen MR) is 104 cm³/mol. The van der Waals surface area contributed by atoms with Crippen LogP contribution in [-0.2, 0) is 14.8 Å². The molecule has 1 aliphatic rings. The summed E-state index contributed by atoms with van der Waals surface area (Å²) in [6.07, 6.45) is 2.99. The van der Waals surface area contributed by atoms with Crippen molar-refractivity contribution < 1.29 is 22.7 Å². The van der Waals surface area contributed by atoms with Crippen molar-refractivity contribution in [3.8, 4) is 5.88 Å². The standard InChI is InChI=1S/C18H20ClN3O5S/c1-26-17-7-5-13(10-20-17)22-18(23)12-4-6-15(19)16(9-12)28(24,25)21-11-14-3-2-8-27-14/h4-7,9-10,14,21H,2-3,8,11H2,1H3,(H,22,23). The van der Waals surface area contributed by atoms with Gasteiger partial charge in [0.15, 0.2) is 0 Å². The molecule has 2 heterocycles. The van der Waals surface area contributed by atoms with Gasteiger partial charge in [0.05, 0.1) is 30.1 Å². The lowest BCUT2D eigenvalue weighted by Crippen LogP contribution is -2.32. The van der Waals surface area contributed by atoms with E-state index in [1.54, 1.807) is 12.1 Å². The molecule has 8 nitrogen and oxygen atoms in total. The highest BCUT2D eigenvalue weighted by molar-refractivity contribution is 7.89. The SMILES string of the molecule is COc1ccc(NC(=O)c2ccc(Cl)c(S(=O)(=O)NCC3CCCO3)c2)cn1. The molecule has 1 fully saturated rings. The number of rotatable bonds is 7. The van der Waals surface area contributed by atoms with Crippen molar-refractivity contribution in [2.45, 2.75) is 23.8 Å². The average molecular weight is 426 g/mol. The number of amides is 1. The molecule has 1 unspecified atom stereocenters. The van der Waals surface area contributed by atoms with E-state index in [9.17, 15) is 13.2 Å². The molecule has 3 rings (SSSR count). The molecule has 0 saturated carbocycles. The minimum absolute atomic E-state index is 0.0301. The zero-order valence-electron chi connectivity index (χ0n) is 15.1. The van der Waals surface area contributed by atoms with Crippen LogP contribution in [0.1, 0.15) is 23.2 Å². The second-order valence-electron chi connectivity index (χ2n) is 6.18. The number of pyridine rings is 1. The van der Waals surface area contributed by atoms with Gasteiger partial charge in [0.2, 0.25) is 15.9 Å². The topological polar surface area (TPSA) is 107 Å². The van der Waals surface area contributed by atoms with E-state index in [0.717, 1.165) is 12.8 Å². The number of carbonyl (C=O) groups is 1. The zero-order chi connectivity index (χ0) is 20.1. The van der Waals surface area contributed by atoms with Gasteiger partial charge >= 0.3 is 0 Å². The van der Waals surface area contributed by atoms with Gasteiger partial charge in [-0.3, -0.25) is 4.79 Å². The van der Waals surface area contributed by atoms with Gasteiger partial charge in [0, 0.05) is 24.8 Å². The molecule has 150 valence electrons. The Morgan fingerprint density at radius 1 is 1.36 bits per heavy atom. The van der Waals surface area contributed by atoms with Gasteiger partial charge in [-0.1, -0.05) is 11.6 Å². The first-order valence-corrected chi connectivity index (χ1v) is 10.5. The molecule has 0 aliphatic carbocycles. The van der Waals surface area contributed by atoms with Crippen molar-refractivity contribution in [2.24, 2.45) is 0 Å². The molecule has 1 saturated heterocycles. The Bertz CT molecular complexity index is 944. The molecule has 1 atom stereocenters. The second-order valence-corrected chi connectivity index (χ2v) is 8.32. The minimum Gasteiger partial charge on any atom is -0.481 e. The number of nitrogens with one attached hydrogen (secondary N) is 2. The number of ether oxygens (including phenoxy) is 2. The summed E-state index contributed by atoms with van der Waals surface area (Å²) >= 11 is 6.07. The summed E-state index contributed by atoms with van der Waals surface area (Å²) in [5.41, 5.74) is 0.597. The van der Waals surface area contributed by atoms with E-state index in [4.69, 9.17) is 21.1 Å². The van der Waals surface area contributed by atoms with Crippen LogP contribution < -0.4 is 14.8 Å². The molecular weight excluding hydrogens is 406 g/mol. The summed E-state index contributed by atoms with van der Waals surface area (Å²) in [6.45, 7) is 0.787. The highest BCUT2D eigenvalue weighted by Gasteiger charge is 2.23. The van der Waals surface area contributed by atoms with E-state index < -0.39 is 15.9 Å². The average Bonchev–Trinajstić information content (AvgIpc) is 3.21. The van der Waals surface area contributed by atoms with Crippen molar-refractivity contribution in [3.05, 3.63) is 47.1 Å². The lowest BCUT2D eigenvalue weighted by Gasteiger charge is -2.13. The van der Waals surface area contributed by atoms with Crippen LogP contribution in [0.5, 0.6) is 5.88 Å². The van der Waals surface area contributed by atoms with Gasteiger partial charge in [-0.05, 0) is 37.1 Å². The highest BCUT2D eigenvalue weighted by Crippen LogP contribution is 2.24. The number of aromatic nitrogens is 1. The summed E-state index contributed by atoms with van der Waals surface area (Å²) in [7, 11) is -2.40. The Morgan fingerprint density at radius 3 is 2.82 bits per heavy atom. The second kappa shape index (κ2) is 8.87. The smallest absolute Gasteiger partial charge is 0.255 e. The van der Waals surface area contributed by atoms with Crippen molar-refractivity contribution in [2.75, 3.05) is 25.6 Å². The Hall–Kier alpha value is -2.20. The number of benzene rings is 1. The van der Waals surface area contributed by atoms with E-state index in [1.165, 1.54) is 31.5 Å². The summed E-state index contributed by atoms with van der Waals surface area (Å²) in [4.78, 5) is 16.3. The number of sulfonamides is 1. The number of methoxy groups -OCH3 is 1. The van der Waals surface area contributed by atoms with E-state index in [1.807, 2.05) is 0 Å². The Kier molecular flexibility index (Phi) is 6.50. The fourth-order valence-corrected chi connectivity index (χ4v) is 4.30. The quantitative estimate of drug-likeness (QED) is 0.705. The van der Waals surface area contributed by atoms with Crippen molar-refractivity contribution in [1.82, 2.24) is 9.71 Å². The minimum atomic E-state index is -3.89. The Morgan fingerprint density at radius 2 is 2.18 bits per heavy atom. The van der Waals surface area contributed by atoms with Gasteiger partial charge in [-0.15, -0.1) is 0 Å². The lowest BCUT2D eigenvalue weighted by atomic mass is 10.2. The van der Waals surface area contributed by atoms with Crippen molar-refractivity contribution >= 4 is 33.2 Å². The van der Waals surface area contributed by atoms with Crippen LogP contribution in [-0.4, -0.2) is 45.7 Å². The number of carbonyl (C=O) groups excluding carboxylic acids is 1. The van der Waals surface area contributed by atoms with Crippen LogP contribution in [0.2, 0.25) is 5.02 Å². The largest absolute Gasteiger partial charge is 0.481 e. The van der Waals surface area contributed by atoms with E-state index in [-0.39, 0.29) is 28.1 Å². The Labute approximate surface area is 168 Å². The van der Waals surface area contributed by atoms with E-state index in [2.05, 4.69) is 15.0 Å². The molecule has 28 heavy (non-hydrogen) atoms. The first-order chi connectivity index (χ1) is 13.4. The third-order valence-electron chi connectivity index (χ3n) is 4.21. The third-order valence-corrected chi connectivity index (χ3v) is 6.12. The van der Waals surface area contributed by atoms with Crippen LogP contribution in [0.25, 0.3) is 0 Å². The number of hydrogen-bond acceptors (Lipinski definition) is 6.